The lowest BCUT2D eigenvalue weighted by atomic mass is 10.0. The standard InChI is InChI=1S/C30H31N3O/c1-3-4-5-7-12-23-17-19-24(20-18-23)22(2)32-33-30(34)27-21-29(25-13-8-6-9-14-25)31-28-16-11-10-15-26(27)28/h6,8-11,13-21H,3-5,7,12H2,1-2H3,(H,33,34)/b32-22+. The first-order valence-corrected chi connectivity index (χ1v) is 12.0. The molecule has 1 N–H and O–H groups in total. The summed E-state index contributed by atoms with van der Waals surface area (Å²) in [6, 6.07) is 27.9. The van der Waals surface area contributed by atoms with Crippen molar-refractivity contribution >= 4 is 22.5 Å². The highest BCUT2D eigenvalue weighted by Crippen LogP contribution is 2.24. The molecule has 0 saturated carbocycles. The summed E-state index contributed by atoms with van der Waals surface area (Å²) in [5.41, 5.74) is 8.94. The SMILES string of the molecule is CCCCCCc1ccc(/C(C)=N/NC(=O)c2cc(-c3ccccc3)nc3ccccc23)cc1. The molecule has 34 heavy (non-hydrogen) atoms. The summed E-state index contributed by atoms with van der Waals surface area (Å²) in [4.78, 5) is 17.9. The van der Waals surface area contributed by atoms with Gasteiger partial charge < -0.3 is 0 Å². The van der Waals surface area contributed by atoms with Crippen molar-refractivity contribution in [3.8, 4) is 11.3 Å². The minimum absolute atomic E-state index is 0.248. The summed E-state index contributed by atoms with van der Waals surface area (Å²) in [6.45, 7) is 4.14. The number of nitrogens with one attached hydrogen (secondary N) is 1. The minimum atomic E-state index is -0.248. The van der Waals surface area contributed by atoms with Gasteiger partial charge in [-0.2, -0.15) is 5.10 Å². The number of para-hydroxylation sites is 1. The average molecular weight is 450 g/mol. The van der Waals surface area contributed by atoms with Crippen molar-refractivity contribution in [2.75, 3.05) is 0 Å². The second-order valence-electron chi connectivity index (χ2n) is 8.58. The molecule has 0 bridgehead atoms. The average Bonchev–Trinajstić information content (AvgIpc) is 2.89. The lowest BCUT2D eigenvalue weighted by molar-refractivity contribution is 0.0956. The highest BCUT2D eigenvalue weighted by atomic mass is 16.2. The summed E-state index contributed by atoms with van der Waals surface area (Å²) >= 11 is 0. The van der Waals surface area contributed by atoms with E-state index in [9.17, 15) is 4.79 Å². The van der Waals surface area contributed by atoms with Gasteiger partial charge in [0.1, 0.15) is 0 Å². The number of hydrogen-bond acceptors (Lipinski definition) is 3. The van der Waals surface area contributed by atoms with E-state index in [0.29, 0.717) is 5.56 Å². The molecule has 4 heteroatoms. The Morgan fingerprint density at radius 1 is 0.882 bits per heavy atom. The van der Waals surface area contributed by atoms with Crippen molar-refractivity contribution < 1.29 is 4.79 Å². The molecule has 0 spiro atoms. The number of hydrazone groups is 1. The topological polar surface area (TPSA) is 54.4 Å². The molecular weight excluding hydrogens is 418 g/mol. The lowest BCUT2D eigenvalue weighted by Gasteiger charge is -2.10. The van der Waals surface area contributed by atoms with Crippen molar-refractivity contribution in [2.24, 2.45) is 5.10 Å². The van der Waals surface area contributed by atoms with Gasteiger partial charge in [-0.05, 0) is 43.0 Å². The maximum absolute atomic E-state index is 13.2. The van der Waals surface area contributed by atoms with Crippen LogP contribution in [0.4, 0.5) is 0 Å². The number of pyridine rings is 1. The Hall–Kier alpha value is -3.79. The second-order valence-corrected chi connectivity index (χ2v) is 8.58. The zero-order chi connectivity index (χ0) is 23.8. The van der Waals surface area contributed by atoms with E-state index in [2.05, 4.69) is 41.7 Å². The van der Waals surface area contributed by atoms with Crippen LogP contribution in [0.1, 0.15) is 61.0 Å². The molecule has 172 valence electrons. The van der Waals surface area contributed by atoms with E-state index in [1.807, 2.05) is 67.6 Å². The molecule has 0 radical (unpaired) electrons. The molecule has 3 aromatic carbocycles. The molecule has 1 heterocycles. The van der Waals surface area contributed by atoms with E-state index >= 15 is 0 Å². The highest BCUT2D eigenvalue weighted by molar-refractivity contribution is 6.08. The maximum atomic E-state index is 13.2. The van der Waals surface area contributed by atoms with Crippen LogP contribution >= 0.6 is 0 Å². The summed E-state index contributed by atoms with van der Waals surface area (Å²) < 4.78 is 0. The van der Waals surface area contributed by atoms with Gasteiger partial charge in [0.2, 0.25) is 0 Å². The quantitative estimate of drug-likeness (QED) is 0.167. The number of aromatic nitrogens is 1. The molecule has 0 unspecified atom stereocenters. The molecule has 0 fully saturated rings. The predicted molar refractivity (Wildman–Crippen MR) is 141 cm³/mol. The zero-order valence-electron chi connectivity index (χ0n) is 19.9. The first-order chi connectivity index (χ1) is 16.7. The number of benzene rings is 3. The van der Waals surface area contributed by atoms with Gasteiger partial charge in [-0.3, -0.25) is 4.79 Å². The van der Waals surface area contributed by atoms with Crippen LogP contribution in [0.3, 0.4) is 0 Å². The van der Waals surface area contributed by atoms with Gasteiger partial charge >= 0.3 is 0 Å². The van der Waals surface area contributed by atoms with Crippen LogP contribution in [0, 0.1) is 0 Å². The third-order valence-electron chi connectivity index (χ3n) is 6.05. The van der Waals surface area contributed by atoms with Crippen LogP contribution in [0.5, 0.6) is 0 Å². The maximum Gasteiger partial charge on any atom is 0.272 e. The van der Waals surface area contributed by atoms with Crippen LogP contribution in [0.2, 0.25) is 0 Å². The van der Waals surface area contributed by atoms with Crippen LogP contribution in [-0.2, 0) is 6.42 Å². The molecule has 4 aromatic rings. The third kappa shape index (κ3) is 5.76. The van der Waals surface area contributed by atoms with Crippen LogP contribution in [-0.4, -0.2) is 16.6 Å². The Morgan fingerprint density at radius 3 is 2.38 bits per heavy atom. The van der Waals surface area contributed by atoms with E-state index in [1.165, 1.54) is 31.2 Å². The van der Waals surface area contributed by atoms with Gasteiger partial charge in [0.25, 0.3) is 5.91 Å². The number of carbonyl (C=O) groups excluding carboxylic acids is 1. The van der Waals surface area contributed by atoms with Crippen LogP contribution in [0.15, 0.2) is 90.0 Å². The van der Waals surface area contributed by atoms with E-state index < -0.39 is 0 Å². The van der Waals surface area contributed by atoms with Crippen molar-refractivity contribution in [3.63, 3.8) is 0 Å². The van der Waals surface area contributed by atoms with Gasteiger partial charge in [0.15, 0.2) is 0 Å². The third-order valence-corrected chi connectivity index (χ3v) is 6.05. The smallest absolute Gasteiger partial charge is 0.267 e. The van der Waals surface area contributed by atoms with E-state index in [1.54, 1.807) is 0 Å². The number of aryl methyl sites for hydroxylation is 1. The van der Waals surface area contributed by atoms with Gasteiger partial charge in [-0.1, -0.05) is 99.0 Å². The molecule has 1 aromatic heterocycles. The molecule has 1 amide bonds. The number of amides is 1. The minimum Gasteiger partial charge on any atom is -0.267 e. The van der Waals surface area contributed by atoms with Gasteiger partial charge in [-0.25, -0.2) is 10.4 Å². The van der Waals surface area contributed by atoms with Crippen molar-refractivity contribution in [1.82, 2.24) is 10.4 Å². The Labute approximate surface area is 201 Å². The molecule has 0 aliphatic heterocycles. The molecule has 0 aliphatic carbocycles. The molecule has 0 saturated heterocycles. The monoisotopic (exact) mass is 449 g/mol. The van der Waals surface area contributed by atoms with Crippen LogP contribution in [0.25, 0.3) is 22.2 Å². The van der Waals surface area contributed by atoms with E-state index in [4.69, 9.17) is 4.98 Å². The normalized spacial score (nSPS) is 11.5. The summed E-state index contributed by atoms with van der Waals surface area (Å²) in [6.07, 6.45) is 6.15. The largest absolute Gasteiger partial charge is 0.272 e. The van der Waals surface area contributed by atoms with Gasteiger partial charge in [0.05, 0.1) is 22.5 Å². The predicted octanol–water partition coefficient (Wildman–Crippen LogP) is 7.18. The molecule has 4 nitrogen and oxygen atoms in total. The van der Waals surface area contributed by atoms with Gasteiger partial charge in [0, 0.05) is 10.9 Å². The van der Waals surface area contributed by atoms with E-state index in [-0.39, 0.29) is 5.91 Å². The molecule has 4 rings (SSSR count). The van der Waals surface area contributed by atoms with Crippen molar-refractivity contribution in [1.29, 1.82) is 0 Å². The first kappa shape index (κ1) is 23.4. The molecular formula is C30H31N3O. The number of carbonyl (C=O) groups is 1. The number of unbranched alkanes of at least 4 members (excludes halogenated alkanes) is 3. The molecule has 0 atom stereocenters. The van der Waals surface area contributed by atoms with Crippen LogP contribution < -0.4 is 5.43 Å². The van der Waals surface area contributed by atoms with Crippen molar-refractivity contribution in [3.05, 3.63) is 102 Å². The fourth-order valence-electron chi connectivity index (χ4n) is 4.05. The summed E-state index contributed by atoms with van der Waals surface area (Å²) in [7, 11) is 0. The molecule has 0 aliphatic rings. The number of nitrogens with zero attached hydrogens (tertiary/aromatic N) is 2. The second kappa shape index (κ2) is 11.4. The Kier molecular flexibility index (Phi) is 7.82. The van der Waals surface area contributed by atoms with Crippen molar-refractivity contribution in [2.45, 2.75) is 46.0 Å². The van der Waals surface area contributed by atoms with Gasteiger partial charge in [-0.15, -0.1) is 0 Å². The summed E-state index contributed by atoms with van der Waals surface area (Å²) in [5.74, 6) is -0.248. The fraction of sp³-hybridized carbons (Fsp3) is 0.233. The van der Waals surface area contributed by atoms with E-state index in [0.717, 1.165) is 39.9 Å². The summed E-state index contributed by atoms with van der Waals surface area (Å²) in [5, 5.41) is 5.20. The number of rotatable bonds is 9. The Bertz CT molecular complexity index is 1280. The fourth-order valence-corrected chi connectivity index (χ4v) is 4.05. The first-order valence-electron chi connectivity index (χ1n) is 12.0. The highest BCUT2D eigenvalue weighted by Gasteiger charge is 2.14. The number of hydrogen-bond donors (Lipinski definition) is 1. The lowest BCUT2D eigenvalue weighted by Crippen LogP contribution is -2.20. The zero-order valence-corrected chi connectivity index (χ0v) is 19.9. The Morgan fingerprint density at radius 2 is 1.62 bits per heavy atom. The Balaban J connectivity index is 1.51. The number of fused-ring (bicyclic) bond motifs is 1.